The lowest BCUT2D eigenvalue weighted by atomic mass is 10.0. The summed E-state index contributed by atoms with van der Waals surface area (Å²) in [5.74, 6) is -1.20. The number of nitrogens with zero attached hydrogens (tertiary/aromatic N) is 3. The van der Waals surface area contributed by atoms with Gasteiger partial charge in [0, 0.05) is 30.9 Å². The molecule has 1 fully saturated rings. The van der Waals surface area contributed by atoms with Crippen molar-refractivity contribution < 1.29 is 14.6 Å². The largest absolute Gasteiger partial charge is 0.481 e. The van der Waals surface area contributed by atoms with Gasteiger partial charge in [0.25, 0.3) is 0 Å². The average Bonchev–Trinajstić information content (AvgIpc) is 2.99. The molecule has 1 aromatic rings. The monoisotopic (exact) mass is 295 g/mol. The molecule has 2 rings (SSSR count). The van der Waals surface area contributed by atoms with Gasteiger partial charge < -0.3 is 9.84 Å². The smallest absolute Gasteiger partial charge is 0.310 e. The third-order valence-electron chi connectivity index (χ3n) is 4.37. The van der Waals surface area contributed by atoms with Crippen LogP contribution in [-0.2, 0) is 23.1 Å². The van der Waals surface area contributed by atoms with E-state index in [0.29, 0.717) is 13.2 Å². The molecule has 0 aromatic carbocycles. The fraction of sp³-hybridized carbons (Fsp3) is 0.733. The Morgan fingerprint density at radius 2 is 2.19 bits per heavy atom. The predicted molar refractivity (Wildman–Crippen MR) is 79.1 cm³/mol. The minimum Gasteiger partial charge on any atom is -0.481 e. The summed E-state index contributed by atoms with van der Waals surface area (Å²) in [5.41, 5.74) is 3.35. The quantitative estimate of drug-likeness (QED) is 0.858. The second-order valence-corrected chi connectivity index (χ2v) is 5.79. The molecule has 0 saturated carbocycles. The van der Waals surface area contributed by atoms with Crippen molar-refractivity contribution in [2.24, 2.45) is 13.0 Å². The van der Waals surface area contributed by atoms with E-state index in [2.05, 4.69) is 23.8 Å². The van der Waals surface area contributed by atoms with E-state index in [9.17, 15) is 9.90 Å². The molecule has 1 saturated heterocycles. The normalized spacial score (nSPS) is 22.1. The summed E-state index contributed by atoms with van der Waals surface area (Å²) in [6, 6.07) is -0.0542. The summed E-state index contributed by atoms with van der Waals surface area (Å²) in [4.78, 5) is 13.6. The Balaban J connectivity index is 2.21. The van der Waals surface area contributed by atoms with E-state index in [1.165, 1.54) is 5.56 Å². The van der Waals surface area contributed by atoms with E-state index in [1.54, 1.807) is 0 Å². The van der Waals surface area contributed by atoms with Crippen molar-refractivity contribution in [1.29, 1.82) is 0 Å². The molecule has 0 radical (unpaired) electrons. The SMILES string of the molecule is CCCN(Cc1c(C)nn(C)c1C)C1COCC1C(=O)O. The lowest BCUT2D eigenvalue weighted by molar-refractivity contribution is -0.143. The first kappa shape index (κ1) is 16.0. The van der Waals surface area contributed by atoms with Crippen LogP contribution in [0.2, 0.25) is 0 Å². The van der Waals surface area contributed by atoms with Gasteiger partial charge in [0.1, 0.15) is 0 Å². The Labute approximate surface area is 125 Å². The van der Waals surface area contributed by atoms with Crippen molar-refractivity contribution >= 4 is 5.97 Å². The van der Waals surface area contributed by atoms with Crippen LogP contribution in [0.1, 0.15) is 30.3 Å². The summed E-state index contributed by atoms with van der Waals surface area (Å²) in [6.45, 7) is 8.58. The molecule has 2 heterocycles. The van der Waals surface area contributed by atoms with E-state index < -0.39 is 11.9 Å². The molecule has 6 nitrogen and oxygen atoms in total. The molecule has 1 aromatic heterocycles. The van der Waals surface area contributed by atoms with Gasteiger partial charge in [0.15, 0.2) is 0 Å². The van der Waals surface area contributed by atoms with Crippen molar-refractivity contribution in [1.82, 2.24) is 14.7 Å². The molecule has 0 bridgehead atoms. The molecule has 1 aliphatic heterocycles. The second-order valence-electron chi connectivity index (χ2n) is 5.79. The Kier molecular flexibility index (Phi) is 5.00. The molecule has 0 aliphatic carbocycles. The van der Waals surface area contributed by atoms with Crippen LogP contribution in [-0.4, -0.2) is 51.6 Å². The zero-order valence-electron chi connectivity index (χ0n) is 13.3. The topological polar surface area (TPSA) is 67.6 Å². The molecule has 2 unspecified atom stereocenters. The Morgan fingerprint density at radius 1 is 1.48 bits per heavy atom. The summed E-state index contributed by atoms with van der Waals surface area (Å²) < 4.78 is 7.30. The van der Waals surface area contributed by atoms with Gasteiger partial charge >= 0.3 is 5.97 Å². The zero-order valence-corrected chi connectivity index (χ0v) is 13.3. The number of rotatable bonds is 6. The highest BCUT2D eigenvalue weighted by Crippen LogP contribution is 2.24. The van der Waals surface area contributed by atoms with Crippen LogP contribution in [0.4, 0.5) is 0 Å². The Morgan fingerprint density at radius 3 is 2.71 bits per heavy atom. The number of aliphatic carboxylic acids is 1. The Bertz CT molecular complexity index is 513. The van der Waals surface area contributed by atoms with Crippen LogP contribution in [0.3, 0.4) is 0 Å². The summed E-state index contributed by atoms with van der Waals surface area (Å²) in [5, 5.41) is 13.8. The van der Waals surface area contributed by atoms with Gasteiger partial charge in [-0.15, -0.1) is 0 Å². The number of ether oxygens (including phenoxy) is 1. The molecule has 1 aliphatic rings. The number of carbonyl (C=O) groups is 1. The molecule has 118 valence electrons. The molecule has 2 atom stereocenters. The number of aryl methyl sites for hydroxylation is 2. The van der Waals surface area contributed by atoms with E-state index in [4.69, 9.17) is 4.74 Å². The third-order valence-corrected chi connectivity index (χ3v) is 4.37. The van der Waals surface area contributed by atoms with Crippen LogP contribution >= 0.6 is 0 Å². The average molecular weight is 295 g/mol. The van der Waals surface area contributed by atoms with Gasteiger partial charge in [-0.2, -0.15) is 5.10 Å². The van der Waals surface area contributed by atoms with E-state index in [0.717, 1.165) is 30.9 Å². The molecule has 21 heavy (non-hydrogen) atoms. The van der Waals surface area contributed by atoms with Crippen LogP contribution in [0.15, 0.2) is 0 Å². The van der Waals surface area contributed by atoms with Crippen LogP contribution in [0.5, 0.6) is 0 Å². The minimum absolute atomic E-state index is 0.0542. The maximum atomic E-state index is 11.4. The van der Waals surface area contributed by atoms with Gasteiger partial charge in [-0.05, 0) is 26.8 Å². The van der Waals surface area contributed by atoms with Crippen LogP contribution in [0.25, 0.3) is 0 Å². The predicted octanol–water partition coefficient (Wildman–Crippen LogP) is 1.35. The molecular formula is C15H25N3O3. The van der Waals surface area contributed by atoms with E-state index in [-0.39, 0.29) is 6.04 Å². The number of carboxylic acids is 1. The summed E-state index contributed by atoms with van der Waals surface area (Å²) in [7, 11) is 1.94. The van der Waals surface area contributed by atoms with Crippen molar-refractivity contribution in [3.63, 3.8) is 0 Å². The molecule has 1 N–H and O–H groups in total. The number of aromatic nitrogens is 2. The van der Waals surface area contributed by atoms with Crippen molar-refractivity contribution in [3.05, 3.63) is 17.0 Å². The molecular weight excluding hydrogens is 270 g/mol. The molecule has 0 amide bonds. The van der Waals surface area contributed by atoms with Gasteiger partial charge in [-0.3, -0.25) is 14.4 Å². The summed E-state index contributed by atoms with van der Waals surface area (Å²) in [6.07, 6.45) is 0.987. The first-order valence-electron chi connectivity index (χ1n) is 7.49. The lowest BCUT2D eigenvalue weighted by Gasteiger charge is -2.30. The second kappa shape index (κ2) is 6.58. The minimum atomic E-state index is -0.766. The Hall–Kier alpha value is -1.40. The van der Waals surface area contributed by atoms with Gasteiger partial charge in [-0.25, -0.2) is 0 Å². The zero-order chi connectivity index (χ0) is 15.6. The van der Waals surface area contributed by atoms with Crippen LogP contribution in [0, 0.1) is 19.8 Å². The fourth-order valence-electron chi connectivity index (χ4n) is 3.04. The number of carboxylic acid groups (broad SMARTS) is 1. The first-order valence-corrected chi connectivity index (χ1v) is 7.49. The highest BCUT2D eigenvalue weighted by atomic mass is 16.5. The fourth-order valence-corrected chi connectivity index (χ4v) is 3.04. The van der Waals surface area contributed by atoms with Gasteiger partial charge in [-0.1, -0.05) is 6.92 Å². The summed E-state index contributed by atoms with van der Waals surface area (Å²) >= 11 is 0. The molecule has 0 spiro atoms. The maximum absolute atomic E-state index is 11.4. The first-order chi connectivity index (χ1) is 9.95. The van der Waals surface area contributed by atoms with E-state index in [1.807, 2.05) is 18.7 Å². The van der Waals surface area contributed by atoms with Crippen molar-refractivity contribution in [2.75, 3.05) is 19.8 Å². The van der Waals surface area contributed by atoms with Crippen LogP contribution < -0.4 is 0 Å². The lowest BCUT2D eigenvalue weighted by Crippen LogP contribution is -2.43. The standard InChI is InChI=1S/C15H25N3O3/c1-5-6-18(14-9-21-8-13(14)15(19)20)7-12-10(2)16-17(4)11(12)3/h13-14H,5-9H2,1-4H3,(H,19,20). The highest BCUT2D eigenvalue weighted by Gasteiger charge is 2.38. The van der Waals surface area contributed by atoms with Crippen molar-refractivity contribution in [2.45, 2.75) is 39.8 Å². The maximum Gasteiger partial charge on any atom is 0.310 e. The number of hydrogen-bond donors (Lipinski definition) is 1. The highest BCUT2D eigenvalue weighted by molar-refractivity contribution is 5.71. The van der Waals surface area contributed by atoms with Gasteiger partial charge in [0.05, 0.1) is 24.8 Å². The molecule has 6 heteroatoms. The number of hydrogen-bond acceptors (Lipinski definition) is 4. The van der Waals surface area contributed by atoms with Gasteiger partial charge in [0.2, 0.25) is 0 Å². The third kappa shape index (κ3) is 3.27. The van der Waals surface area contributed by atoms with E-state index >= 15 is 0 Å². The van der Waals surface area contributed by atoms with Crippen molar-refractivity contribution in [3.8, 4) is 0 Å².